The average molecular weight is 425 g/mol. The molecule has 0 N–H and O–H groups in total. The third-order valence-corrected chi connectivity index (χ3v) is 5.30. The highest BCUT2D eigenvalue weighted by atomic mass is 19.2. The second-order valence-electron chi connectivity index (χ2n) is 7.34. The quantitative estimate of drug-likeness (QED) is 0.169. The van der Waals surface area contributed by atoms with Gasteiger partial charge in [-0.3, -0.25) is 13.6 Å². The minimum Gasteiger partial charge on any atom is -0.310 e. The maximum absolute atomic E-state index is 14.1. The number of benzene rings is 3. The first-order valence-corrected chi connectivity index (χ1v) is 10.3. The summed E-state index contributed by atoms with van der Waals surface area (Å²) in [7, 11) is -1.11. The number of amidine groups is 1. The number of pyridine rings is 1. The average Bonchev–Trinajstić information content (AvgIpc) is 2.82. The zero-order chi connectivity index (χ0) is 22.5. The van der Waals surface area contributed by atoms with Crippen molar-refractivity contribution in [2.24, 2.45) is 9.98 Å². The summed E-state index contributed by atoms with van der Waals surface area (Å²) >= 11 is 0. The van der Waals surface area contributed by atoms with E-state index >= 15 is 0 Å². The molecular weight excluding hydrogens is 403 g/mol. The van der Waals surface area contributed by atoms with Gasteiger partial charge in [0.2, 0.25) is 0 Å². The van der Waals surface area contributed by atoms with E-state index in [2.05, 4.69) is 9.98 Å². The lowest BCUT2D eigenvalue weighted by Crippen LogP contribution is -2.30. The molecule has 0 bridgehead atoms. The Morgan fingerprint density at radius 3 is 2.25 bits per heavy atom. The number of rotatable bonds is 4. The first-order chi connectivity index (χ1) is 15.6. The number of nitrogens with zero attached hydrogens (tertiary/aromatic N) is 3. The number of hydrogen-bond donors (Lipinski definition) is 0. The maximum atomic E-state index is 14.1. The molecule has 3 nitrogen and oxygen atoms in total. The van der Waals surface area contributed by atoms with E-state index in [-0.39, 0.29) is 5.49 Å². The number of halogens is 2. The van der Waals surface area contributed by atoms with E-state index in [1.165, 1.54) is 0 Å². The molecule has 0 saturated carbocycles. The Balaban J connectivity index is 1.96. The van der Waals surface area contributed by atoms with Crippen molar-refractivity contribution in [2.75, 3.05) is 7.05 Å². The van der Waals surface area contributed by atoms with Gasteiger partial charge >= 0.3 is 7.40 Å². The van der Waals surface area contributed by atoms with Gasteiger partial charge in [-0.1, -0.05) is 72.8 Å². The number of fused-ring (bicyclic) bond motifs is 1. The monoisotopic (exact) mass is 425 g/mol. The molecule has 158 valence electrons. The molecule has 0 unspecified atom stereocenters. The predicted octanol–water partition coefficient (Wildman–Crippen LogP) is 5.89. The van der Waals surface area contributed by atoms with E-state index in [9.17, 15) is 8.63 Å². The molecule has 0 aliphatic rings. The topological polar surface area (TPSA) is 29.6 Å². The van der Waals surface area contributed by atoms with Gasteiger partial charge in [0.15, 0.2) is 5.84 Å². The molecule has 0 radical (unpaired) electrons. The van der Waals surface area contributed by atoms with Crippen LogP contribution in [0.1, 0.15) is 16.7 Å². The molecule has 1 aromatic heterocycles. The predicted molar refractivity (Wildman–Crippen MR) is 130 cm³/mol. The summed E-state index contributed by atoms with van der Waals surface area (Å²) in [6, 6.07) is 28.2. The number of aryl methyl sites for hydroxylation is 1. The van der Waals surface area contributed by atoms with Gasteiger partial charge in [0.25, 0.3) is 0 Å². The summed E-state index contributed by atoms with van der Waals surface area (Å²) in [5.74, 6) is 0.379. The number of aliphatic imine (C=N–C) groups is 1. The molecule has 32 heavy (non-hydrogen) atoms. The summed E-state index contributed by atoms with van der Waals surface area (Å²) in [4.78, 5) is 9.01. The number of hydrogen-bond acceptors (Lipinski definition) is 1. The van der Waals surface area contributed by atoms with Gasteiger partial charge in [0, 0.05) is 18.1 Å². The first kappa shape index (κ1) is 21.4. The third kappa shape index (κ3) is 4.44. The van der Waals surface area contributed by atoms with E-state index in [1.54, 1.807) is 37.4 Å². The molecule has 4 aromatic rings. The Morgan fingerprint density at radius 1 is 0.844 bits per heavy atom. The zero-order valence-corrected chi connectivity index (χ0v) is 17.9. The molecule has 0 saturated heterocycles. The number of aromatic nitrogens is 1. The smallest absolute Gasteiger partial charge is 0.310 e. The van der Waals surface area contributed by atoms with E-state index in [4.69, 9.17) is 0 Å². The second-order valence-corrected chi connectivity index (χ2v) is 7.34. The van der Waals surface area contributed by atoms with Crippen molar-refractivity contribution < 1.29 is 8.63 Å². The van der Waals surface area contributed by atoms with E-state index in [1.807, 2.05) is 73.7 Å². The minimum absolute atomic E-state index is 0.144. The Labute approximate surface area is 186 Å². The van der Waals surface area contributed by atoms with Gasteiger partial charge in [0.05, 0.1) is 0 Å². The van der Waals surface area contributed by atoms with Crippen molar-refractivity contribution in [2.45, 2.75) is 6.92 Å². The highest BCUT2D eigenvalue weighted by Crippen LogP contribution is 2.22. The zero-order valence-electron chi connectivity index (χ0n) is 17.9. The lowest BCUT2D eigenvalue weighted by molar-refractivity contribution is 0.627. The van der Waals surface area contributed by atoms with Crippen molar-refractivity contribution >= 4 is 35.8 Å². The van der Waals surface area contributed by atoms with Crippen LogP contribution in [0.25, 0.3) is 22.6 Å². The summed E-state index contributed by atoms with van der Waals surface area (Å²) in [6.07, 6.45) is 2.00. The van der Waals surface area contributed by atoms with Crippen LogP contribution in [-0.2, 0) is 0 Å². The molecule has 3 aromatic carbocycles. The first-order valence-electron chi connectivity index (χ1n) is 10.3. The van der Waals surface area contributed by atoms with Crippen LogP contribution in [0.4, 0.5) is 8.63 Å². The fourth-order valence-electron chi connectivity index (χ4n) is 3.65. The Hall–Kier alpha value is -3.80. The highest BCUT2D eigenvalue weighted by Gasteiger charge is 2.20. The van der Waals surface area contributed by atoms with Crippen molar-refractivity contribution in [1.29, 1.82) is 0 Å². The van der Waals surface area contributed by atoms with Crippen LogP contribution in [0, 0.1) is 6.92 Å². The van der Waals surface area contributed by atoms with Gasteiger partial charge in [-0.05, 0) is 53.3 Å². The van der Waals surface area contributed by atoms with Crippen LogP contribution >= 0.6 is 0 Å². The summed E-state index contributed by atoms with van der Waals surface area (Å²) in [6.45, 7) is 2.03. The van der Waals surface area contributed by atoms with Gasteiger partial charge in [-0.2, -0.15) is 0 Å². The van der Waals surface area contributed by atoms with Crippen molar-refractivity contribution in [3.63, 3.8) is 0 Å². The van der Waals surface area contributed by atoms with Crippen LogP contribution < -0.4 is 5.49 Å². The molecule has 0 fully saturated rings. The van der Waals surface area contributed by atoms with Crippen molar-refractivity contribution in [3.8, 4) is 0 Å². The van der Waals surface area contributed by atoms with E-state index in [0.717, 1.165) is 32.1 Å². The molecular formula is C26H22BF2N3. The minimum atomic E-state index is -2.74. The standard InChI is InChI=1S/C26H22BF2N3/c1-19-10-6-7-14-22(19)18-23(20-11-4-3-5-12-20)26(30-2)31-25-17-16-21-13-8-9-15-24(21)32(25)27(28)29/h3-18H,1-2H3/b23-18-,30-26-,31-25-. The van der Waals surface area contributed by atoms with Gasteiger partial charge in [-0.25, -0.2) is 4.99 Å². The van der Waals surface area contributed by atoms with Crippen LogP contribution in [0.15, 0.2) is 101 Å². The van der Waals surface area contributed by atoms with Crippen LogP contribution in [0.3, 0.4) is 0 Å². The highest BCUT2D eigenvalue weighted by molar-refractivity contribution is 6.42. The SMILES string of the molecule is C/N=C(\N=c1\ccc2ccccc2n1B(F)F)C(=C\c1ccccc1C)/c1ccccc1. The molecule has 0 aliphatic carbocycles. The largest absolute Gasteiger partial charge is 0.679 e. The van der Waals surface area contributed by atoms with Gasteiger partial charge in [-0.15, -0.1) is 0 Å². The van der Waals surface area contributed by atoms with Crippen LogP contribution in [-0.4, -0.2) is 24.8 Å². The Kier molecular flexibility index (Phi) is 6.40. The third-order valence-electron chi connectivity index (χ3n) is 5.30. The van der Waals surface area contributed by atoms with Crippen LogP contribution in [0.5, 0.6) is 0 Å². The maximum Gasteiger partial charge on any atom is 0.679 e. The summed E-state index contributed by atoms with van der Waals surface area (Å²) in [5, 5.41) is 0.723. The molecule has 0 spiro atoms. The van der Waals surface area contributed by atoms with Crippen molar-refractivity contribution in [1.82, 2.24) is 4.48 Å². The number of para-hydroxylation sites is 1. The lowest BCUT2D eigenvalue weighted by Gasteiger charge is -2.12. The van der Waals surface area contributed by atoms with E-state index in [0.29, 0.717) is 11.4 Å². The Morgan fingerprint density at radius 2 is 1.53 bits per heavy atom. The molecule has 0 atom stereocenters. The van der Waals surface area contributed by atoms with Gasteiger partial charge in [0.1, 0.15) is 5.49 Å². The fourth-order valence-corrected chi connectivity index (χ4v) is 3.65. The second kappa shape index (κ2) is 9.56. The van der Waals surface area contributed by atoms with Crippen molar-refractivity contribution in [3.05, 3.63) is 113 Å². The van der Waals surface area contributed by atoms with E-state index < -0.39 is 7.40 Å². The van der Waals surface area contributed by atoms with Gasteiger partial charge < -0.3 is 4.48 Å². The molecule has 0 amide bonds. The summed E-state index contributed by atoms with van der Waals surface area (Å²) < 4.78 is 29.1. The van der Waals surface area contributed by atoms with Crippen LogP contribution in [0.2, 0.25) is 0 Å². The summed E-state index contributed by atoms with van der Waals surface area (Å²) in [5.41, 5.74) is 4.35. The lowest BCUT2D eigenvalue weighted by atomic mass is 9.99. The normalized spacial score (nSPS) is 12.9. The molecule has 6 heteroatoms. The fraction of sp³-hybridized carbons (Fsp3) is 0.0769. The molecule has 4 rings (SSSR count). The Bertz CT molecular complexity index is 1370. The molecule has 1 heterocycles. The molecule has 0 aliphatic heterocycles.